The van der Waals surface area contributed by atoms with Crippen LogP contribution < -0.4 is 10.2 Å². The van der Waals surface area contributed by atoms with E-state index in [4.69, 9.17) is 24.3 Å². The van der Waals surface area contributed by atoms with Gasteiger partial charge >= 0.3 is 11.9 Å². The average Bonchev–Trinajstić information content (AvgIpc) is 3.08. The van der Waals surface area contributed by atoms with Crippen LogP contribution in [0, 0.1) is 12.7 Å². The number of carbonyl (C=O) groups is 3. The van der Waals surface area contributed by atoms with Gasteiger partial charge in [-0.05, 0) is 31.2 Å². The zero-order chi connectivity index (χ0) is 21.4. The van der Waals surface area contributed by atoms with Gasteiger partial charge in [0.1, 0.15) is 11.6 Å². The van der Waals surface area contributed by atoms with Crippen molar-refractivity contribution in [1.82, 2.24) is 10.1 Å². The van der Waals surface area contributed by atoms with E-state index >= 15 is 0 Å². The SMILES string of the molecule is Cc1cc(NC(=O)CN2CCN(c3ccc(F)cc3)CC2)no1.O=C(O)C(=O)O. The first-order chi connectivity index (χ1) is 13.7. The first-order valence-corrected chi connectivity index (χ1v) is 8.67. The highest BCUT2D eigenvalue weighted by Crippen LogP contribution is 2.17. The lowest BCUT2D eigenvalue weighted by atomic mass is 10.2. The van der Waals surface area contributed by atoms with Crippen molar-refractivity contribution in [3.05, 3.63) is 41.9 Å². The van der Waals surface area contributed by atoms with Gasteiger partial charge in [0.2, 0.25) is 5.91 Å². The second-order valence-corrected chi connectivity index (χ2v) is 6.22. The van der Waals surface area contributed by atoms with Gasteiger partial charge in [-0.3, -0.25) is 9.69 Å². The predicted molar refractivity (Wildman–Crippen MR) is 100 cm³/mol. The molecule has 0 spiro atoms. The Morgan fingerprint density at radius 3 is 2.17 bits per heavy atom. The standard InChI is InChI=1S/C16H19FN4O2.C2H2O4/c1-12-10-15(19-23-12)18-16(22)11-20-6-8-21(9-7-20)14-4-2-13(17)3-5-14;3-1(4)2(5)6/h2-5,10H,6-9,11H2,1H3,(H,18,19,22);(H,3,4)(H,5,6). The average molecular weight is 408 g/mol. The van der Waals surface area contributed by atoms with Crippen molar-refractivity contribution in [1.29, 1.82) is 0 Å². The molecule has 3 N–H and O–H groups in total. The van der Waals surface area contributed by atoms with Crippen molar-refractivity contribution in [2.75, 3.05) is 42.9 Å². The maximum Gasteiger partial charge on any atom is 0.414 e. The monoisotopic (exact) mass is 408 g/mol. The first-order valence-electron chi connectivity index (χ1n) is 8.67. The van der Waals surface area contributed by atoms with Crippen molar-refractivity contribution >= 4 is 29.4 Å². The number of anilines is 2. The lowest BCUT2D eigenvalue weighted by molar-refractivity contribution is -0.159. The summed E-state index contributed by atoms with van der Waals surface area (Å²) in [4.78, 5) is 34.5. The van der Waals surface area contributed by atoms with E-state index in [0.29, 0.717) is 18.1 Å². The molecule has 1 amide bonds. The van der Waals surface area contributed by atoms with Gasteiger partial charge in [0.25, 0.3) is 0 Å². The number of hydrogen-bond donors (Lipinski definition) is 3. The van der Waals surface area contributed by atoms with Crippen LogP contribution in [-0.4, -0.2) is 70.8 Å². The molecule has 1 saturated heterocycles. The van der Waals surface area contributed by atoms with Gasteiger partial charge in [-0.1, -0.05) is 5.16 Å². The highest BCUT2D eigenvalue weighted by molar-refractivity contribution is 6.27. The number of carboxylic acid groups (broad SMARTS) is 2. The number of piperazine rings is 1. The van der Waals surface area contributed by atoms with E-state index in [1.807, 2.05) is 0 Å². The number of aryl methyl sites for hydroxylation is 1. The summed E-state index contributed by atoms with van der Waals surface area (Å²) < 4.78 is 17.9. The second-order valence-electron chi connectivity index (χ2n) is 6.22. The van der Waals surface area contributed by atoms with Crippen LogP contribution >= 0.6 is 0 Å². The van der Waals surface area contributed by atoms with E-state index in [2.05, 4.69) is 20.3 Å². The number of hydrogen-bond acceptors (Lipinski definition) is 7. The molecule has 1 aliphatic rings. The molecule has 10 nitrogen and oxygen atoms in total. The Hall–Kier alpha value is -3.47. The molecule has 0 bridgehead atoms. The number of benzene rings is 1. The fourth-order valence-corrected chi connectivity index (χ4v) is 2.63. The van der Waals surface area contributed by atoms with Crippen LogP contribution in [0.5, 0.6) is 0 Å². The third kappa shape index (κ3) is 7.22. The number of aliphatic carboxylic acids is 2. The Morgan fingerprint density at radius 1 is 1.10 bits per heavy atom. The highest BCUT2D eigenvalue weighted by Gasteiger charge is 2.19. The summed E-state index contributed by atoms with van der Waals surface area (Å²) in [6.45, 7) is 5.27. The lowest BCUT2D eigenvalue weighted by Gasteiger charge is -2.35. The normalized spacial score (nSPS) is 13.9. The minimum atomic E-state index is -1.82. The molecule has 29 heavy (non-hydrogen) atoms. The quantitative estimate of drug-likeness (QED) is 0.634. The molecule has 0 unspecified atom stereocenters. The maximum atomic E-state index is 13.0. The summed E-state index contributed by atoms with van der Waals surface area (Å²) in [6.07, 6.45) is 0. The van der Waals surface area contributed by atoms with Gasteiger partial charge < -0.3 is 25.0 Å². The Morgan fingerprint density at radius 2 is 1.69 bits per heavy atom. The first kappa shape index (κ1) is 21.8. The molecule has 1 aromatic heterocycles. The van der Waals surface area contributed by atoms with Crippen molar-refractivity contribution in [2.45, 2.75) is 6.92 Å². The minimum Gasteiger partial charge on any atom is -0.473 e. The molecular weight excluding hydrogens is 387 g/mol. The van der Waals surface area contributed by atoms with E-state index in [0.717, 1.165) is 31.9 Å². The number of carboxylic acids is 2. The number of nitrogens with zero attached hydrogens (tertiary/aromatic N) is 3. The van der Waals surface area contributed by atoms with E-state index in [-0.39, 0.29) is 11.7 Å². The molecule has 1 aliphatic heterocycles. The number of rotatable bonds is 4. The smallest absolute Gasteiger partial charge is 0.414 e. The van der Waals surface area contributed by atoms with Gasteiger partial charge in [-0.25, -0.2) is 14.0 Å². The number of halogens is 1. The van der Waals surface area contributed by atoms with Crippen LogP contribution in [0.2, 0.25) is 0 Å². The Kier molecular flexibility index (Phi) is 7.66. The van der Waals surface area contributed by atoms with Crippen molar-refractivity contribution in [3.8, 4) is 0 Å². The molecule has 0 radical (unpaired) electrons. The van der Waals surface area contributed by atoms with Crippen LogP contribution in [0.15, 0.2) is 34.9 Å². The largest absolute Gasteiger partial charge is 0.473 e. The second kappa shape index (κ2) is 10.2. The number of nitrogens with one attached hydrogen (secondary N) is 1. The summed E-state index contributed by atoms with van der Waals surface area (Å²) in [6, 6.07) is 8.18. The van der Waals surface area contributed by atoms with E-state index in [9.17, 15) is 9.18 Å². The minimum absolute atomic E-state index is 0.103. The van der Waals surface area contributed by atoms with Crippen LogP contribution in [0.4, 0.5) is 15.9 Å². The molecule has 3 rings (SSSR count). The molecule has 0 atom stereocenters. The van der Waals surface area contributed by atoms with Gasteiger partial charge in [-0.15, -0.1) is 0 Å². The Bertz CT molecular complexity index is 834. The number of amides is 1. The van der Waals surface area contributed by atoms with Crippen molar-refractivity contribution in [2.24, 2.45) is 0 Å². The summed E-state index contributed by atoms with van der Waals surface area (Å²) in [7, 11) is 0. The summed E-state index contributed by atoms with van der Waals surface area (Å²) in [5.41, 5.74) is 1.01. The van der Waals surface area contributed by atoms with Crippen LogP contribution in [-0.2, 0) is 14.4 Å². The molecule has 0 saturated carbocycles. The van der Waals surface area contributed by atoms with Gasteiger partial charge in [0.15, 0.2) is 5.82 Å². The molecule has 11 heteroatoms. The highest BCUT2D eigenvalue weighted by atomic mass is 19.1. The molecule has 1 aromatic carbocycles. The van der Waals surface area contributed by atoms with Crippen LogP contribution in [0.25, 0.3) is 0 Å². The predicted octanol–water partition coefficient (Wildman–Crippen LogP) is 1.04. The summed E-state index contributed by atoms with van der Waals surface area (Å²) >= 11 is 0. The fourth-order valence-electron chi connectivity index (χ4n) is 2.63. The molecule has 0 aliphatic carbocycles. The number of carbonyl (C=O) groups excluding carboxylic acids is 1. The summed E-state index contributed by atoms with van der Waals surface area (Å²) in [5.74, 6) is -2.88. The Balaban J connectivity index is 0.000000438. The molecule has 1 fully saturated rings. The third-order valence-electron chi connectivity index (χ3n) is 4.01. The molecular formula is C18H21FN4O6. The topological polar surface area (TPSA) is 136 Å². The zero-order valence-electron chi connectivity index (χ0n) is 15.7. The maximum absolute atomic E-state index is 13.0. The Labute approximate surface area is 165 Å². The summed E-state index contributed by atoms with van der Waals surface area (Å²) in [5, 5.41) is 21.2. The molecule has 156 valence electrons. The van der Waals surface area contributed by atoms with E-state index in [1.165, 1.54) is 12.1 Å². The lowest BCUT2D eigenvalue weighted by Crippen LogP contribution is -2.48. The third-order valence-corrected chi connectivity index (χ3v) is 4.01. The fraction of sp³-hybridized carbons (Fsp3) is 0.333. The molecule has 2 aromatic rings. The van der Waals surface area contributed by atoms with Gasteiger partial charge in [0, 0.05) is 37.9 Å². The molecule has 2 heterocycles. The van der Waals surface area contributed by atoms with Crippen molar-refractivity contribution in [3.63, 3.8) is 0 Å². The van der Waals surface area contributed by atoms with Gasteiger partial charge in [0.05, 0.1) is 6.54 Å². The van der Waals surface area contributed by atoms with Crippen LogP contribution in [0.3, 0.4) is 0 Å². The van der Waals surface area contributed by atoms with E-state index in [1.54, 1.807) is 25.1 Å². The van der Waals surface area contributed by atoms with Gasteiger partial charge in [-0.2, -0.15) is 0 Å². The van der Waals surface area contributed by atoms with E-state index < -0.39 is 11.9 Å². The van der Waals surface area contributed by atoms with Crippen LogP contribution in [0.1, 0.15) is 5.76 Å². The zero-order valence-corrected chi connectivity index (χ0v) is 15.7. The number of aromatic nitrogens is 1. The van der Waals surface area contributed by atoms with Crippen molar-refractivity contribution < 1.29 is 33.5 Å².